The Balaban J connectivity index is 2.02. The first-order valence-electron chi connectivity index (χ1n) is 9.96. The van der Waals surface area contributed by atoms with Crippen molar-refractivity contribution in [3.05, 3.63) is 52.1 Å². The van der Waals surface area contributed by atoms with Gasteiger partial charge in [0, 0.05) is 16.5 Å². The number of nitrogens with one attached hydrogen (secondary N) is 1. The standard InChI is InChI=1S/C24H28N2O5/c1-13-8-14(2)19-16(9-13)12-24(3,4)22(27)20(19)25-26-23(28)15-10-17(29-5)21(31-7)18(11-15)30-6/h8-11H,12H2,1-7H3,(H,26,28)/b25-20-. The third kappa shape index (κ3) is 4.13. The topological polar surface area (TPSA) is 86.2 Å². The molecule has 0 aromatic heterocycles. The zero-order valence-electron chi connectivity index (χ0n) is 19.0. The highest BCUT2D eigenvalue weighted by Crippen LogP contribution is 2.38. The van der Waals surface area contributed by atoms with E-state index in [0.29, 0.717) is 23.7 Å². The highest BCUT2D eigenvalue weighted by molar-refractivity contribution is 6.49. The van der Waals surface area contributed by atoms with Crippen molar-refractivity contribution in [2.75, 3.05) is 21.3 Å². The summed E-state index contributed by atoms with van der Waals surface area (Å²) in [4.78, 5) is 26.0. The van der Waals surface area contributed by atoms with Crippen molar-refractivity contribution in [3.8, 4) is 17.2 Å². The number of aryl methyl sites for hydroxylation is 2. The number of benzene rings is 2. The number of carbonyl (C=O) groups is 2. The SMILES string of the molecule is COc1cc(C(=O)N/N=C2\C(=O)C(C)(C)Cc3cc(C)cc(C)c32)cc(OC)c1OC. The summed E-state index contributed by atoms with van der Waals surface area (Å²) in [6.45, 7) is 7.77. The summed E-state index contributed by atoms with van der Waals surface area (Å²) < 4.78 is 15.9. The Morgan fingerprint density at radius 3 is 2.16 bits per heavy atom. The number of fused-ring (bicyclic) bond motifs is 1. The third-order valence-corrected chi connectivity index (χ3v) is 5.46. The van der Waals surface area contributed by atoms with Crippen LogP contribution in [-0.2, 0) is 11.2 Å². The second-order valence-electron chi connectivity index (χ2n) is 8.32. The molecule has 1 amide bonds. The summed E-state index contributed by atoms with van der Waals surface area (Å²) in [6, 6.07) is 7.16. The van der Waals surface area contributed by atoms with Crippen molar-refractivity contribution >= 4 is 17.4 Å². The number of nitrogens with zero attached hydrogens (tertiary/aromatic N) is 1. The average Bonchev–Trinajstić information content (AvgIpc) is 2.72. The van der Waals surface area contributed by atoms with Crippen molar-refractivity contribution in [1.82, 2.24) is 5.43 Å². The molecule has 0 saturated carbocycles. The Labute approximate surface area is 182 Å². The molecule has 0 spiro atoms. The minimum Gasteiger partial charge on any atom is -0.493 e. The van der Waals surface area contributed by atoms with E-state index in [1.165, 1.54) is 33.5 Å². The van der Waals surface area contributed by atoms with Crippen LogP contribution >= 0.6 is 0 Å². The van der Waals surface area contributed by atoms with E-state index < -0.39 is 11.3 Å². The van der Waals surface area contributed by atoms with Gasteiger partial charge in [-0.3, -0.25) is 9.59 Å². The van der Waals surface area contributed by atoms with Crippen LogP contribution in [0.2, 0.25) is 0 Å². The molecule has 31 heavy (non-hydrogen) atoms. The van der Waals surface area contributed by atoms with Gasteiger partial charge in [-0.25, -0.2) is 5.43 Å². The van der Waals surface area contributed by atoms with Crippen LogP contribution in [0, 0.1) is 19.3 Å². The fraction of sp³-hybridized carbons (Fsp3) is 0.375. The van der Waals surface area contributed by atoms with Gasteiger partial charge in [0.1, 0.15) is 5.71 Å². The van der Waals surface area contributed by atoms with Crippen LogP contribution in [0.1, 0.15) is 46.5 Å². The number of hydrogen-bond donors (Lipinski definition) is 1. The maximum Gasteiger partial charge on any atom is 0.271 e. The molecule has 0 fully saturated rings. The molecule has 2 aromatic carbocycles. The Morgan fingerprint density at radius 1 is 1.00 bits per heavy atom. The summed E-state index contributed by atoms with van der Waals surface area (Å²) in [7, 11) is 4.44. The van der Waals surface area contributed by atoms with Gasteiger partial charge in [-0.2, -0.15) is 5.10 Å². The molecule has 3 rings (SSSR count). The van der Waals surface area contributed by atoms with Gasteiger partial charge in [-0.15, -0.1) is 0 Å². The lowest BCUT2D eigenvalue weighted by Gasteiger charge is -2.31. The lowest BCUT2D eigenvalue weighted by atomic mass is 9.71. The van der Waals surface area contributed by atoms with Crippen LogP contribution in [-0.4, -0.2) is 38.7 Å². The number of hydrogen-bond acceptors (Lipinski definition) is 6. The summed E-state index contributed by atoms with van der Waals surface area (Å²) in [5.74, 6) is 0.501. The van der Waals surface area contributed by atoms with E-state index in [4.69, 9.17) is 14.2 Å². The Kier molecular flexibility index (Phi) is 6.06. The van der Waals surface area contributed by atoms with Crippen LogP contribution < -0.4 is 19.6 Å². The predicted octanol–water partition coefficient (Wildman–Crippen LogP) is 3.61. The summed E-state index contributed by atoms with van der Waals surface area (Å²) in [5.41, 5.74) is 6.40. The first-order valence-corrected chi connectivity index (χ1v) is 9.96. The van der Waals surface area contributed by atoms with Crippen LogP contribution in [0.15, 0.2) is 29.4 Å². The lowest BCUT2D eigenvalue weighted by Crippen LogP contribution is -2.40. The van der Waals surface area contributed by atoms with Crippen LogP contribution in [0.25, 0.3) is 0 Å². The molecule has 7 heteroatoms. The summed E-state index contributed by atoms with van der Waals surface area (Å²) in [5, 5.41) is 4.28. The summed E-state index contributed by atoms with van der Waals surface area (Å²) in [6.07, 6.45) is 0.629. The number of amides is 1. The number of rotatable bonds is 5. The molecule has 2 aromatic rings. The molecule has 0 saturated heterocycles. The largest absolute Gasteiger partial charge is 0.493 e. The van der Waals surface area contributed by atoms with Gasteiger partial charge in [-0.05, 0) is 43.5 Å². The monoisotopic (exact) mass is 424 g/mol. The first-order chi connectivity index (χ1) is 14.6. The van der Waals surface area contributed by atoms with Crippen molar-refractivity contribution in [1.29, 1.82) is 0 Å². The molecule has 1 N–H and O–H groups in total. The minimum absolute atomic E-state index is 0.0999. The number of hydrazone groups is 1. The molecule has 0 aliphatic heterocycles. The van der Waals surface area contributed by atoms with Gasteiger partial charge in [0.25, 0.3) is 5.91 Å². The van der Waals surface area contributed by atoms with Crippen molar-refractivity contribution in [2.24, 2.45) is 10.5 Å². The van der Waals surface area contributed by atoms with Gasteiger partial charge >= 0.3 is 0 Å². The number of methoxy groups -OCH3 is 3. The molecule has 0 heterocycles. The summed E-state index contributed by atoms with van der Waals surface area (Å²) >= 11 is 0. The average molecular weight is 424 g/mol. The molecular formula is C24H28N2O5. The van der Waals surface area contributed by atoms with Gasteiger partial charge in [0.2, 0.25) is 5.75 Å². The van der Waals surface area contributed by atoms with Crippen molar-refractivity contribution < 1.29 is 23.8 Å². The quantitative estimate of drug-likeness (QED) is 0.741. The molecule has 0 unspecified atom stereocenters. The van der Waals surface area contributed by atoms with Crippen LogP contribution in [0.3, 0.4) is 0 Å². The molecule has 0 radical (unpaired) electrons. The van der Waals surface area contributed by atoms with Crippen LogP contribution in [0.4, 0.5) is 0 Å². The minimum atomic E-state index is -0.608. The van der Waals surface area contributed by atoms with E-state index >= 15 is 0 Å². The number of Topliss-reactive ketones (excluding diaryl/α,β-unsaturated/α-hetero) is 1. The van der Waals surface area contributed by atoms with E-state index in [2.05, 4.69) is 16.6 Å². The predicted molar refractivity (Wildman–Crippen MR) is 119 cm³/mol. The Bertz CT molecular complexity index is 1060. The molecule has 1 aliphatic rings. The van der Waals surface area contributed by atoms with E-state index in [9.17, 15) is 9.59 Å². The molecule has 7 nitrogen and oxygen atoms in total. The van der Waals surface area contributed by atoms with E-state index in [1.54, 1.807) is 0 Å². The molecule has 0 atom stereocenters. The van der Waals surface area contributed by atoms with Crippen molar-refractivity contribution in [3.63, 3.8) is 0 Å². The number of ketones is 1. The number of carbonyl (C=O) groups excluding carboxylic acids is 2. The molecule has 1 aliphatic carbocycles. The zero-order valence-corrected chi connectivity index (χ0v) is 19.0. The molecule has 164 valence electrons. The maximum atomic E-state index is 13.1. The molecule has 0 bridgehead atoms. The van der Waals surface area contributed by atoms with Gasteiger partial charge < -0.3 is 14.2 Å². The fourth-order valence-corrected chi connectivity index (χ4v) is 4.01. The molecular weight excluding hydrogens is 396 g/mol. The Morgan fingerprint density at radius 2 is 1.61 bits per heavy atom. The highest BCUT2D eigenvalue weighted by atomic mass is 16.5. The van der Waals surface area contributed by atoms with E-state index in [-0.39, 0.29) is 17.1 Å². The van der Waals surface area contributed by atoms with E-state index in [1.807, 2.05) is 33.8 Å². The van der Waals surface area contributed by atoms with Gasteiger partial charge in [0.05, 0.1) is 21.3 Å². The van der Waals surface area contributed by atoms with Crippen molar-refractivity contribution in [2.45, 2.75) is 34.1 Å². The number of ether oxygens (including phenoxy) is 3. The van der Waals surface area contributed by atoms with Crippen LogP contribution in [0.5, 0.6) is 17.2 Å². The first kappa shape index (κ1) is 22.3. The highest BCUT2D eigenvalue weighted by Gasteiger charge is 2.39. The zero-order chi connectivity index (χ0) is 22.9. The van der Waals surface area contributed by atoms with Gasteiger partial charge in [-0.1, -0.05) is 31.5 Å². The second kappa shape index (κ2) is 8.41. The Hall–Kier alpha value is -3.35. The second-order valence-corrected chi connectivity index (χ2v) is 8.32. The normalized spacial score (nSPS) is 16.0. The third-order valence-electron chi connectivity index (χ3n) is 5.46. The fourth-order valence-electron chi connectivity index (χ4n) is 4.01. The maximum absolute atomic E-state index is 13.1. The van der Waals surface area contributed by atoms with Gasteiger partial charge in [0.15, 0.2) is 17.3 Å². The smallest absolute Gasteiger partial charge is 0.271 e. The van der Waals surface area contributed by atoms with E-state index in [0.717, 1.165) is 22.3 Å². The lowest BCUT2D eigenvalue weighted by molar-refractivity contribution is -0.120.